The lowest BCUT2D eigenvalue weighted by atomic mass is 10.2. The fraction of sp³-hybridized carbons (Fsp3) is 0.750. The van der Waals surface area contributed by atoms with Crippen molar-refractivity contribution in [2.24, 2.45) is 0 Å². The minimum Gasteiger partial charge on any atom is -0.478 e. The van der Waals surface area contributed by atoms with Gasteiger partial charge in [0.05, 0.1) is 12.7 Å². The number of hydrogen-bond donors (Lipinski definition) is 1. The van der Waals surface area contributed by atoms with Crippen LogP contribution in [0.5, 0.6) is 5.88 Å². The smallest absolute Gasteiger partial charge is 0.218 e. The molecule has 2 aliphatic heterocycles. The largest absolute Gasteiger partial charge is 0.478 e. The number of ether oxygens (including phenoxy) is 3. The van der Waals surface area contributed by atoms with E-state index in [4.69, 9.17) is 14.2 Å². The normalized spacial score (nSPS) is 24.6. The summed E-state index contributed by atoms with van der Waals surface area (Å²) in [6, 6.07) is 1.86. The second-order valence-electron chi connectivity index (χ2n) is 5.82. The highest BCUT2D eigenvalue weighted by Gasteiger charge is 2.22. The highest BCUT2D eigenvalue weighted by atomic mass is 16.5. The first kappa shape index (κ1) is 15.5. The second-order valence-corrected chi connectivity index (χ2v) is 5.82. The molecule has 0 aromatic carbocycles. The van der Waals surface area contributed by atoms with Crippen molar-refractivity contribution in [3.63, 3.8) is 0 Å². The summed E-state index contributed by atoms with van der Waals surface area (Å²) in [5, 5.41) is 3.36. The maximum absolute atomic E-state index is 5.70. The van der Waals surface area contributed by atoms with Crippen LogP contribution in [-0.2, 0) is 9.47 Å². The minimum atomic E-state index is -0.00606. The second kappa shape index (κ2) is 7.74. The molecule has 6 heteroatoms. The first-order valence-corrected chi connectivity index (χ1v) is 8.34. The minimum absolute atomic E-state index is 0.00606. The highest BCUT2D eigenvalue weighted by molar-refractivity contribution is 5.39. The first-order valence-electron chi connectivity index (χ1n) is 8.34. The van der Waals surface area contributed by atoms with Crippen molar-refractivity contribution < 1.29 is 14.2 Å². The van der Waals surface area contributed by atoms with E-state index in [0.717, 1.165) is 63.5 Å². The molecule has 0 amide bonds. The molecule has 122 valence electrons. The number of rotatable bonds is 7. The monoisotopic (exact) mass is 307 g/mol. The van der Waals surface area contributed by atoms with Crippen molar-refractivity contribution >= 4 is 5.82 Å². The molecule has 1 aromatic rings. The van der Waals surface area contributed by atoms with Crippen LogP contribution in [0, 0.1) is 0 Å². The molecule has 2 aliphatic rings. The molecule has 0 aliphatic carbocycles. The van der Waals surface area contributed by atoms with Gasteiger partial charge in [0.1, 0.15) is 11.9 Å². The number of nitrogens with one attached hydrogen (secondary N) is 1. The van der Waals surface area contributed by atoms with Gasteiger partial charge in [-0.2, -0.15) is 4.98 Å². The van der Waals surface area contributed by atoms with Gasteiger partial charge >= 0.3 is 0 Å². The van der Waals surface area contributed by atoms with Gasteiger partial charge < -0.3 is 19.5 Å². The van der Waals surface area contributed by atoms with Crippen molar-refractivity contribution in [2.45, 2.75) is 51.2 Å². The Kier molecular flexibility index (Phi) is 5.45. The van der Waals surface area contributed by atoms with Crippen molar-refractivity contribution in [1.82, 2.24) is 9.97 Å². The van der Waals surface area contributed by atoms with Crippen LogP contribution >= 0.6 is 0 Å². The fourth-order valence-corrected chi connectivity index (χ4v) is 2.76. The van der Waals surface area contributed by atoms with Gasteiger partial charge in [0.25, 0.3) is 0 Å². The molecule has 22 heavy (non-hydrogen) atoms. The zero-order valence-electron chi connectivity index (χ0n) is 13.2. The Labute approximate surface area is 131 Å². The van der Waals surface area contributed by atoms with E-state index in [1.807, 2.05) is 6.07 Å². The highest BCUT2D eigenvalue weighted by Crippen LogP contribution is 2.28. The average Bonchev–Trinajstić information content (AvgIpc) is 3.23. The van der Waals surface area contributed by atoms with E-state index in [9.17, 15) is 0 Å². The molecule has 6 nitrogen and oxygen atoms in total. The van der Waals surface area contributed by atoms with E-state index in [0.29, 0.717) is 12.5 Å². The zero-order valence-corrected chi connectivity index (χ0v) is 13.2. The summed E-state index contributed by atoms with van der Waals surface area (Å²) in [6.07, 6.45) is 5.51. The third kappa shape index (κ3) is 4.08. The van der Waals surface area contributed by atoms with Gasteiger partial charge in [-0.05, 0) is 32.1 Å². The zero-order chi connectivity index (χ0) is 15.2. The summed E-state index contributed by atoms with van der Waals surface area (Å²) in [5.74, 6) is 2.14. The van der Waals surface area contributed by atoms with Crippen molar-refractivity contribution in [3.8, 4) is 5.88 Å². The molecule has 2 atom stereocenters. The molecular weight excluding hydrogens is 282 g/mol. The van der Waals surface area contributed by atoms with Crippen molar-refractivity contribution in [3.05, 3.63) is 11.9 Å². The Morgan fingerprint density at radius 2 is 2.09 bits per heavy atom. The number of aromatic nitrogens is 2. The number of anilines is 1. The summed E-state index contributed by atoms with van der Waals surface area (Å²) >= 11 is 0. The molecule has 1 N–H and O–H groups in total. The third-order valence-corrected chi connectivity index (χ3v) is 3.93. The van der Waals surface area contributed by atoms with Gasteiger partial charge in [-0.15, -0.1) is 0 Å². The molecule has 0 saturated carbocycles. The molecule has 2 unspecified atom stereocenters. The van der Waals surface area contributed by atoms with Crippen LogP contribution in [0.15, 0.2) is 6.07 Å². The summed E-state index contributed by atoms with van der Waals surface area (Å²) in [6.45, 7) is 5.16. The SMILES string of the molecule is CCCOc1cc(NCC2CCCO2)nc(C2CCCO2)n1. The standard InChI is InChI=1S/C16H25N3O3/c1-2-7-22-15-10-14(17-11-12-5-3-8-20-12)18-16(19-15)13-6-4-9-21-13/h10,12-13H,2-9,11H2,1H3,(H,17,18,19). The van der Waals surface area contributed by atoms with Gasteiger partial charge in [-0.3, -0.25) is 0 Å². The van der Waals surface area contributed by atoms with E-state index in [2.05, 4.69) is 22.2 Å². The third-order valence-electron chi connectivity index (χ3n) is 3.93. The van der Waals surface area contributed by atoms with Crippen LogP contribution in [-0.4, -0.2) is 42.4 Å². The van der Waals surface area contributed by atoms with E-state index in [-0.39, 0.29) is 12.2 Å². The Morgan fingerprint density at radius 1 is 1.23 bits per heavy atom. The summed E-state index contributed by atoms with van der Waals surface area (Å²) in [4.78, 5) is 9.10. The van der Waals surface area contributed by atoms with E-state index < -0.39 is 0 Å². The molecule has 1 aromatic heterocycles. The maximum Gasteiger partial charge on any atom is 0.218 e. The van der Waals surface area contributed by atoms with Gasteiger partial charge in [-0.1, -0.05) is 6.92 Å². The first-order chi connectivity index (χ1) is 10.8. The summed E-state index contributed by atoms with van der Waals surface area (Å²) in [7, 11) is 0. The molecule has 0 radical (unpaired) electrons. The topological polar surface area (TPSA) is 65.5 Å². The molecule has 0 spiro atoms. The molecular formula is C16H25N3O3. The Balaban J connectivity index is 1.69. The lowest BCUT2D eigenvalue weighted by Gasteiger charge is -2.15. The Bertz CT molecular complexity index is 472. The molecule has 0 bridgehead atoms. The number of hydrogen-bond acceptors (Lipinski definition) is 6. The molecule has 3 heterocycles. The predicted octanol–water partition coefficient (Wildman–Crippen LogP) is 2.71. The van der Waals surface area contributed by atoms with Gasteiger partial charge in [-0.25, -0.2) is 4.98 Å². The van der Waals surface area contributed by atoms with Gasteiger partial charge in [0.15, 0.2) is 5.82 Å². The molecule has 2 fully saturated rings. The van der Waals surface area contributed by atoms with Crippen LogP contribution in [0.4, 0.5) is 5.82 Å². The van der Waals surface area contributed by atoms with Crippen LogP contribution < -0.4 is 10.1 Å². The van der Waals surface area contributed by atoms with Gasteiger partial charge in [0.2, 0.25) is 5.88 Å². The number of nitrogens with zero attached hydrogens (tertiary/aromatic N) is 2. The lowest BCUT2D eigenvalue weighted by Crippen LogP contribution is -2.19. The molecule has 3 rings (SSSR count). The quantitative estimate of drug-likeness (QED) is 0.835. The van der Waals surface area contributed by atoms with Gasteiger partial charge in [0, 0.05) is 25.8 Å². The van der Waals surface area contributed by atoms with Crippen LogP contribution in [0.3, 0.4) is 0 Å². The van der Waals surface area contributed by atoms with E-state index in [1.165, 1.54) is 0 Å². The Morgan fingerprint density at radius 3 is 2.82 bits per heavy atom. The van der Waals surface area contributed by atoms with Crippen LogP contribution in [0.25, 0.3) is 0 Å². The summed E-state index contributed by atoms with van der Waals surface area (Å²) in [5.41, 5.74) is 0. The average molecular weight is 307 g/mol. The lowest BCUT2D eigenvalue weighted by molar-refractivity contribution is 0.104. The van der Waals surface area contributed by atoms with Crippen LogP contribution in [0.2, 0.25) is 0 Å². The fourth-order valence-electron chi connectivity index (χ4n) is 2.76. The summed E-state index contributed by atoms with van der Waals surface area (Å²) < 4.78 is 17.0. The predicted molar refractivity (Wildman–Crippen MR) is 83.2 cm³/mol. The maximum atomic E-state index is 5.70. The van der Waals surface area contributed by atoms with Crippen molar-refractivity contribution in [1.29, 1.82) is 0 Å². The van der Waals surface area contributed by atoms with Crippen molar-refractivity contribution in [2.75, 3.05) is 31.7 Å². The van der Waals surface area contributed by atoms with E-state index >= 15 is 0 Å². The molecule has 2 saturated heterocycles. The van der Waals surface area contributed by atoms with Crippen LogP contribution in [0.1, 0.15) is 51.0 Å². The van der Waals surface area contributed by atoms with E-state index in [1.54, 1.807) is 0 Å². The Hall–Kier alpha value is -1.40.